The number of nitrogens with zero attached hydrogens (tertiary/aromatic N) is 1. The summed E-state index contributed by atoms with van der Waals surface area (Å²) in [4.78, 5) is 25.5. The summed E-state index contributed by atoms with van der Waals surface area (Å²) >= 11 is 0. The van der Waals surface area contributed by atoms with Gasteiger partial charge in [0.25, 0.3) is 5.56 Å². The highest BCUT2D eigenvalue weighted by molar-refractivity contribution is 5.07. The van der Waals surface area contributed by atoms with Crippen LogP contribution in [0.4, 0.5) is 0 Å². The topological polar surface area (TPSA) is 93.6 Å². The van der Waals surface area contributed by atoms with Crippen LogP contribution in [0.2, 0.25) is 0 Å². The van der Waals surface area contributed by atoms with E-state index in [1.807, 2.05) is 6.92 Å². The number of rotatable bonds is 2. The lowest BCUT2D eigenvalue weighted by molar-refractivity contribution is -0.186. The van der Waals surface area contributed by atoms with Crippen LogP contribution in [0.1, 0.15) is 18.7 Å². The lowest BCUT2D eigenvalue weighted by Crippen LogP contribution is -2.43. The van der Waals surface area contributed by atoms with Crippen molar-refractivity contribution in [3.05, 3.63) is 32.6 Å². The van der Waals surface area contributed by atoms with Gasteiger partial charge in [-0.2, -0.15) is 0 Å². The van der Waals surface area contributed by atoms with Crippen LogP contribution in [0, 0.1) is 12.8 Å². The van der Waals surface area contributed by atoms with Crippen molar-refractivity contribution in [1.29, 1.82) is 0 Å². The van der Waals surface area contributed by atoms with Crippen molar-refractivity contribution < 1.29 is 14.6 Å². The molecule has 0 aromatic carbocycles. The zero-order chi connectivity index (χ0) is 13.8. The van der Waals surface area contributed by atoms with Crippen LogP contribution < -0.4 is 11.2 Å². The van der Waals surface area contributed by atoms with Gasteiger partial charge in [0.2, 0.25) is 0 Å². The first-order valence-electron chi connectivity index (χ1n) is 6.21. The fourth-order valence-corrected chi connectivity index (χ4v) is 2.81. The molecule has 2 fully saturated rings. The maximum absolute atomic E-state index is 11.9. The Morgan fingerprint density at radius 3 is 2.95 bits per heavy atom. The fraction of sp³-hybridized carbons (Fsp3) is 0.667. The van der Waals surface area contributed by atoms with Crippen molar-refractivity contribution in [3.8, 4) is 0 Å². The molecule has 1 aromatic rings. The van der Waals surface area contributed by atoms with Crippen molar-refractivity contribution in [2.75, 3.05) is 13.2 Å². The van der Waals surface area contributed by atoms with Crippen molar-refractivity contribution in [2.45, 2.75) is 31.8 Å². The number of nitrogens with one attached hydrogen (secondary N) is 1. The lowest BCUT2D eigenvalue weighted by Gasteiger charge is -2.30. The third-order valence-corrected chi connectivity index (χ3v) is 4.17. The Hall–Kier alpha value is -1.44. The van der Waals surface area contributed by atoms with Crippen LogP contribution in [0.15, 0.2) is 15.8 Å². The molecule has 2 bridgehead atoms. The molecule has 0 radical (unpaired) electrons. The predicted octanol–water partition coefficient (Wildman–Crippen LogP) is -0.860. The average Bonchev–Trinajstić information content (AvgIpc) is 2.85. The lowest BCUT2D eigenvalue weighted by atomic mass is 9.91. The van der Waals surface area contributed by atoms with Crippen molar-refractivity contribution in [3.63, 3.8) is 0 Å². The average molecular weight is 268 g/mol. The number of hydrogen-bond donors (Lipinski definition) is 2. The zero-order valence-electron chi connectivity index (χ0n) is 10.8. The number of hydrogen-bond acceptors (Lipinski definition) is 5. The molecular weight excluding hydrogens is 252 g/mol. The Labute approximate surface area is 108 Å². The maximum atomic E-state index is 11.9. The molecule has 1 unspecified atom stereocenters. The van der Waals surface area contributed by atoms with Gasteiger partial charge in [0, 0.05) is 17.7 Å². The van der Waals surface area contributed by atoms with E-state index in [0.717, 1.165) is 0 Å². The molecule has 7 heteroatoms. The summed E-state index contributed by atoms with van der Waals surface area (Å²) in [6, 6.07) is 0. The molecule has 0 aliphatic carbocycles. The highest BCUT2D eigenvalue weighted by Crippen LogP contribution is 2.48. The van der Waals surface area contributed by atoms with E-state index in [4.69, 9.17) is 9.47 Å². The fourth-order valence-electron chi connectivity index (χ4n) is 2.81. The van der Waals surface area contributed by atoms with Gasteiger partial charge in [-0.1, -0.05) is 6.92 Å². The van der Waals surface area contributed by atoms with Crippen LogP contribution in [-0.4, -0.2) is 39.6 Å². The predicted molar refractivity (Wildman–Crippen MR) is 64.9 cm³/mol. The number of ether oxygens (including phenoxy) is 2. The molecule has 3 heterocycles. The van der Waals surface area contributed by atoms with Crippen LogP contribution >= 0.6 is 0 Å². The van der Waals surface area contributed by atoms with Gasteiger partial charge in [-0.25, -0.2) is 4.79 Å². The highest BCUT2D eigenvalue weighted by Gasteiger charge is 2.59. The number of aromatic amines is 1. The maximum Gasteiger partial charge on any atom is 0.330 e. The standard InChI is InChI=1S/C12H16N2O5/c1-6-3-14(11(17)13-9(6)16)10-8-7(2)12(4-15,19-10)5-18-8/h3,7-8,10,15H,4-5H2,1-2H3,(H,13,16,17)/t7-,8?,10-,12+/m1/s1. The molecule has 2 aliphatic heterocycles. The minimum absolute atomic E-state index is 0.0124. The first-order chi connectivity index (χ1) is 8.98. The second-order valence-corrected chi connectivity index (χ2v) is 5.27. The molecule has 19 heavy (non-hydrogen) atoms. The highest BCUT2D eigenvalue weighted by atomic mass is 16.6. The van der Waals surface area contributed by atoms with Gasteiger partial charge in [-0.15, -0.1) is 0 Å². The second-order valence-electron chi connectivity index (χ2n) is 5.27. The molecule has 2 N–H and O–H groups in total. The van der Waals surface area contributed by atoms with Gasteiger partial charge in [-0.3, -0.25) is 14.3 Å². The molecule has 1 aromatic heterocycles. The van der Waals surface area contributed by atoms with Crippen molar-refractivity contribution >= 4 is 0 Å². The van der Waals surface area contributed by atoms with E-state index in [2.05, 4.69) is 4.98 Å². The number of aryl methyl sites for hydroxylation is 1. The Balaban J connectivity index is 2.04. The molecule has 2 aliphatic rings. The summed E-state index contributed by atoms with van der Waals surface area (Å²) in [7, 11) is 0. The van der Waals surface area contributed by atoms with Gasteiger partial charge in [0.05, 0.1) is 13.2 Å². The Bertz CT molecular complexity index is 621. The van der Waals surface area contributed by atoms with Crippen LogP contribution in [0.25, 0.3) is 0 Å². The molecular formula is C12H16N2O5. The number of aliphatic hydroxyl groups is 1. The molecule has 3 rings (SSSR count). The third kappa shape index (κ3) is 1.62. The Morgan fingerprint density at radius 1 is 1.58 bits per heavy atom. The molecule has 7 nitrogen and oxygen atoms in total. The number of fused-ring (bicyclic) bond motifs is 2. The van der Waals surface area contributed by atoms with E-state index in [0.29, 0.717) is 12.2 Å². The van der Waals surface area contributed by atoms with Crippen LogP contribution in [-0.2, 0) is 9.47 Å². The van der Waals surface area contributed by atoms with E-state index in [1.165, 1.54) is 10.8 Å². The van der Waals surface area contributed by atoms with Gasteiger partial charge in [0.15, 0.2) is 6.23 Å². The monoisotopic (exact) mass is 268 g/mol. The van der Waals surface area contributed by atoms with Crippen LogP contribution in [0.5, 0.6) is 0 Å². The normalized spacial score (nSPS) is 36.9. The van der Waals surface area contributed by atoms with E-state index in [-0.39, 0.29) is 18.6 Å². The number of aliphatic hydroxyl groups excluding tert-OH is 1. The minimum Gasteiger partial charge on any atom is -0.393 e. The number of aromatic nitrogens is 2. The summed E-state index contributed by atoms with van der Waals surface area (Å²) < 4.78 is 12.8. The number of H-pyrrole nitrogens is 1. The molecule has 0 amide bonds. The Kier molecular flexibility index (Phi) is 2.67. The molecule has 4 atom stereocenters. The zero-order valence-corrected chi connectivity index (χ0v) is 10.8. The van der Waals surface area contributed by atoms with E-state index in [1.54, 1.807) is 6.92 Å². The smallest absolute Gasteiger partial charge is 0.330 e. The van der Waals surface area contributed by atoms with Gasteiger partial charge < -0.3 is 14.6 Å². The first kappa shape index (κ1) is 12.6. The third-order valence-electron chi connectivity index (χ3n) is 4.17. The Morgan fingerprint density at radius 2 is 2.32 bits per heavy atom. The summed E-state index contributed by atoms with van der Waals surface area (Å²) in [6.45, 7) is 3.71. The molecule has 0 saturated carbocycles. The first-order valence-corrected chi connectivity index (χ1v) is 6.21. The van der Waals surface area contributed by atoms with E-state index >= 15 is 0 Å². The SMILES string of the molecule is Cc1cn([C@@H]2O[C@@]3(CO)COC2[C@H]3C)c(=O)[nH]c1=O. The second kappa shape index (κ2) is 4.03. The summed E-state index contributed by atoms with van der Waals surface area (Å²) in [5, 5.41) is 9.50. The minimum atomic E-state index is -0.751. The summed E-state index contributed by atoms with van der Waals surface area (Å²) in [5.41, 5.74) is -1.26. The van der Waals surface area contributed by atoms with Gasteiger partial charge >= 0.3 is 5.69 Å². The summed E-state index contributed by atoms with van der Waals surface area (Å²) in [6.07, 6.45) is 0.558. The molecule has 0 spiro atoms. The van der Waals surface area contributed by atoms with E-state index in [9.17, 15) is 14.7 Å². The molecule has 104 valence electrons. The van der Waals surface area contributed by atoms with Gasteiger partial charge in [-0.05, 0) is 6.92 Å². The largest absolute Gasteiger partial charge is 0.393 e. The van der Waals surface area contributed by atoms with Crippen molar-refractivity contribution in [2.24, 2.45) is 5.92 Å². The van der Waals surface area contributed by atoms with E-state index < -0.39 is 23.1 Å². The quantitative estimate of drug-likeness (QED) is 0.728. The molecule has 2 saturated heterocycles. The van der Waals surface area contributed by atoms with Crippen LogP contribution in [0.3, 0.4) is 0 Å². The van der Waals surface area contributed by atoms with Crippen molar-refractivity contribution in [1.82, 2.24) is 9.55 Å². The summed E-state index contributed by atoms with van der Waals surface area (Å²) in [5.74, 6) is -0.0124. The van der Waals surface area contributed by atoms with Gasteiger partial charge in [0.1, 0.15) is 11.7 Å².